The number of carbonyl (C=O) groups excluding carboxylic acids is 3. The minimum Gasteiger partial charge on any atom is -0.461 e. The fraction of sp³-hybridized carbons (Fsp3) is 0.621. The zero-order chi connectivity index (χ0) is 28.9. The van der Waals surface area contributed by atoms with Crippen molar-refractivity contribution in [3.8, 4) is 0 Å². The van der Waals surface area contributed by atoms with Crippen LogP contribution in [0, 0.1) is 11.3 Å². The first kappa shape index (κ1) is 32.1. The summed E-state index contributed by atoms with van der Waals surface area (Å²) in [6.07, 6.45) is 9.69. The Hall–Kier alpha value is -2.16. The number of hydrogen-bond donors (Lipinski definition) is 1. The number of esters is 1. The van der Waals surface area contributed by atoms with Gasteiger partial charge in [0.15, 0.2) is 8.32 Å². The number of alkyl carbamates (subject to hydrolysis) is 1. The Morgan fingerprint density at radius 2 is 1.84 bits per heavy atom. The third-order valence-electron chi connectivity index (χ3n) is 8.06. The SMILES string of the molecule is CC(/C=C/[C@H](C[C@H]1OC(=O)[C@@]2(C)[C@@H](/C=C(C)/C=C/C=O)NC(=O)O[C@H]2[C@@H]1C)O[Si](C)(C)C(C)(C)C)=C\CCl. The molecule has 0 aromatic rings. The lowest BCUT2D eigenvalue weighted by Crippen LogP contribution is -2.68. The van der Waals surface area contributed by atoms with Gasteiger partial charge in [-0.3, -0.25) is 9.59 Å². The summed E-state index contributed by atoms with van der Waals surface area (Å²) >= 11 is 5.86. The van der Waals surface area contributed by atoms with Crippen molar-refractivity contribution in [3.05, 3.63) is 47.6 Å². The van der Waals surface area contributed by atoms with Gasteiger partial charge in [-0.2, -0.15) is 0 Å². The lowest BCUT2D eigenvalue weighted by atomic mass is 9.67. The highest BCUT2D eigenvalue weighted by Crippen LogP contribution is 2.45. The van der Waals surface area contributed by atoms with E-state index in [1.807, 2.05) is 32.1 Å². The van der Waals surface area contributed by atoms with Crippen molar-refractivity contribution in [1.29, 1.82) is 0 Å². The van der Waals surface area contributed by atoms with Crippen molar-refractivity contribution in [2.45, 2.75) is 97.4 Å². The molecule has 7 nitrogen and oxygen atoms in total. The highest BCUT2D eigenvalue weighted by Gasteiger charge is 2.61. The van der Waals surface area contributed by atoms with E-state index in [0.29, 0.717) is 18.6 Å². The minimum absolute atomic E-state index is 0.00613. The van der Waals surface area contributed by atoms with Crippen LogP contribution in [-0.4, -0.2) is 56.9 Å². The van der Waals surface area contributed by atoms with E-state index < -0.39 is 44.0 Å². The average Bonchev–Trinajstić information content (AvgIpc) is 2.80. The number of halogens is 1. The van der Waals surface area contributed by atoms with E-state index in [9.17, 15) is 14.4 Å². The number of hydrogen-bond acceptors (Lipinski definition) is 6. The predicted molar refractivity (Wildman–Crippen MR) is 154 cm³/mol. The van der Waals surface area contributed by atoms with Crippen molar-refractivity contribution in [2.75, 3.05) is 5.88 Å². The Kier molecular flexibility index (Phi) is 10.8. The molecule has 0 aromatic carbocycles. The molecular formula is C29H44ClNO6Si. The average molecular weight is 566 g/mol. The Labute approximate surface area is 233 Å². The van der Waals surface area contributed by atoms with Gasteiger partial charge in [-0.05, 0) is 45.0 Å². The van der Waals surface area contributed by atoms with E-state index >= 15 is 0 Å². The predicted octanol–water partition coefficient (Wildman–Crippen LogP) is 6.25. The number of nitrogens with one attached hydrogen (secondary N) is 1. The number of alkyl halides is 1. The molecule has 0 saturated carbocycles. The molecule has 6 atom stereocenters. The van der Waals surface area contributed by atoms with Crippen molar-refractivity contribution in [3.63, 3.8) is 0 Å². The zero-order valence-corrected chi connectivity index (χ0v) is 25.9. The molecule has 0 bridgehead atoms. The van der Waals surface area contributed by atoms with Gasteiger partial charge in [0.25, 0.3) is 0 Å². The molecule has 2 rings (SSSR count). The summed E-state index contributed by atoms with van der Waals surface area (Å²) in [6.45, 7) is 18.4. The number of cyclic esters (lactones) is 1. The fourth-order valence-electron chi connectivity index (χ4n) is 4.57. The highest BCUT2D eigenvalue weighted by molar-refractivity contribution is 6.74. The Balaban J connectivity index is 2.39. The summed E-state index contributed by atoms with van der Waals surface area (Å²) in [5.41, 5.74) is 0.622. The summed E-state index contributed by atoms with van der Waals surface area (Å²) in [6, 6.07) is -0.650. The second-order valence-electron chi connectivity index (χ2n) is 12.1. The molecule has 1 N–H and O–H groups in total. The third-order valence-corrected chi connectivity index (χ3v) is 12.7. The normalized spacial score (nSPS) is 30.1. The minimum atomic E-state index is -2.15. The molecule has 1 amide bonds. The van der Waals surface area contributed by atoms with Crippen LogP contribution in [0.2, 0.25) is 18.1 Å². The van der Waals surface area contributed by atoms with E-state index in [0.717, 1.165) is 11.1 Å². The summed E-state index contributed by atoms with van der Waals surface area (Å²) in [4.78, 5) is 36.8. The number of aldehydes is 1. The maximum absolute atomic E-state index is 13.6. The fourth-order valence-corrected chi connectivity index (χ4v) is 6.10. The lowest BCUT2D eigenvalue weighted by molar-refractivity contribution is -0.203. The van der Waals surface area contributed by atoms with Crippen LogP contribution in [0.15, 0.2) is 47.6 Å². The topological polar surface area (TPSA) is 90.9 Å². The highest BCUT2D eigenvalue weighted by atomic mass is 35.5. The van der Waals surface area contributed by atoms with Crippen LogP contribution in [0.1, 0.15) is 54.9 Å². The van der Waals surface area contributed by atoms with Gasteiger partial charge < -0.3 is 19.2 Å². The van der Waals surface area contributed by atoms with Crippen LogP contribution in [0.25, 0.3) is 0 Å². The molecule has 38 heavy (non-hydrogen) atoms. The van der Waals surface area contributed by atoms with Gasteiger partial charge in [-0.25, -0.2) is 4.79 Å². The molecular weight excluding hydrogens is 522 g/mol. The van der Waals surface area contributed by atoms with Gasteiger partial charge in [0.2, 0.25) is 0 Å². The molecule has 2 saturated heterocycles. The summed E-state index contributed by atoms with van der Waals surface area (Å²) < 4.78 is 18.6. The second kappa shape index (κ2) is 12.8. The number of amides is 1. The number of rotatable bonds is 10. The number of ether oxygens (including phenoxy) is 2. The van der Waals surface area contributed by atoms with Crippen LogP contribution in [-0.2, 0) is 23.5 Å². The summed E-state index contributed by atoms with van der Waals surface area (Å²) in [7, 11) is -2.15. The third kappa shape index (κ3) is 7.48. The van der Waals surface area contributed by atoms with E-state index in [-0.39, 0.29) is 17.1 Å². The van der Waals surface area contributed by atoms with E-state index in [1.54, 1.807) is 26.0 Å². The number of allylic oxidation sites excluding steroid dienone is 6. The van der Waals surface area contributed by atoms with E-state index in [1.165, 1.54) is 6.08 Å². The van der Waals surface area contributed by atoms with Gasteiger partial charge in [0.05, 0.1) is 12.1 Å². The van der Waals surface area contributed by atoms with Crippen molar-refractivity contribution < 1.29 is 28.3 Å². The van der Waals surface area contributed by atoms with Gasteiger partial charge in [-0.1, -0.05) is 69.2 Å². The summed E-state index contributed by atoms with van der Waals surface area (Å²) in [5.74, 6) is -0.294. The molecule has 212 valence electrons. The molecule has 2 aliphatic rings. The first-order valence-corrected chi connectivity index (χ1v) is 16.6. The molecule has 0 radical (unpaired) electrons. The van der Waals surface area contributed by atoms with Crippen LogP contribution < -0.4 is 5.32 Å². The van der Waals surface area contributed by atoms with E-state index in [4.69, 9.17) is 25.5 Å². The molecule has 0 unspecified atom stereocenters. The smallest absolute Gasteiger partial charge is 0.407 e. The van der Waals surface area contributed by atoms with Gasteiger partial charge >= 0.3 is 12.1 Å². The molecule has 0 aromatic heterocycles. The standard InChI is InChI=1S/C29H44ClNO6Si/c1-19(14-15-30)12-13-22(37-38(8,9)28(4,5)6)18-23-21(3)25-29(7,26(33)35-23)24(31-27(34)36-25)17-20(2)11-10-16-32/h10-14,16-17,21-25H,15,18H2,1-9H3,(H,31,34)/b11-10+,13-12+,19-14+,20-17+/t21-,22-,23-,24-,25+,29+/m1/s1. The van der Waals surface area contributed by atoms with Gasteiger partial charge in [0, 0.05) is 18.2 Å². The largest absolute Gasteiger partial charge is 0.461 e. The molecule has 9 heteroatoms. The number of carbonyl (C=O) groups is 3. The lowest BCUT2D eigenvalue weighted by Gasteiger charge is -2.51. The number of fused-ring (bicyclic) bond motifs is 1. The van der Waals surface area contributed by atoms with Crippen LogP contribution >= 0.6 is 11.6 Å². The van der Waals surface area contributed by atoms with Crippen molar-refractivity contribution >= 4 is 38.3 Å². The first-order valence-electron chi connectivity index (χ1n) is 13.1. The first-order chi connectivity index (χ1) is 17.6. The zero-order valence-electron chi connectivity index (χ0n) is 24.2. The quantitative estimate of drug-likeness (QED) is 0.0840. The monoisotopic (exact) mass is 565 g/mol. The molecule has 0 aliphatic carbocycles. The van der Waals surface area contributed by atoms with Crippen molar-refractivity contribution in [2.24, 2.45) is 11.3 Å². The maximum Gasteiger partial charge on any atom is 0.407 e. The van der Waals surface area contributed by atoms with Crippen LogP contribution in [0.4, 0.5) is 4.79 Å². The van der Waals surface area contributed by atoms with Crippen molar-refractivity contribution in [1.82, 2.24) is 5.32 Å². The van der Waals surface area contributed by atoms with Gasteiger partial charge in [0.1, 0.15) is 23.9 Å². The maximum atomic E-state index is 13.6. The molecule has 2 heterocycles. The van der Waals surface area contributed by atoms with Gasteiger partial charge in [-0.15, -0.1) is 11.6 Å². The van der Waals surface area contributed by atoms with E-state index in [2.05, 4.69) is 39.2 Å². The van der Waals surface area contributed by atoms with Crippen LogP contribution in [0.5, 0.6) is 0 Å². The Morgan fingerprint density at radius 1 is 1.18 bits per heavy atom. The van der Waals surface area contributed by atoms with Crippen LogP contribution in [0.3, 0.4) is 0 Å². The Morgan fingerprint density at radius 3 is 2.42 bits per heavy atom. The molecule has 2 fully saturated rings. The molecule has 0 spiro atoms. The molecule has 2 aliphatic heterocycles. The Bertz CT molecular complexity index is 1010. The summed E-state index contributed by atoms with van der Waals surface area (Å²) in [5, 5.41) is 2.75. The second-order valence-corrected chi connectivity index (χ2v) is 17.1.